The number of likely N-dealkylation sites (N-methyl/N-ethyl adjacent to an activating group) is 1. The molecular weight excluding hydrogens is 467 g/mol. The van der Waals surface area contributed by atoms with E-state index >= 15 is 0 Å². The van der Waals surface area contributed by atoms with Crippen LogP contribution in [0, 0.1) is 0 Å². The van der Waals surface area contributed by atoms with Crippen LogP contribution in [-0.4, -0.2) is 63.8 Å². The molecule has 0 saturated heterocycles. The van der Waals surface area contributed by atoms with Crippen LogP contribution in [0.15, 0.2) is 23.2 Å². The van der Waals surface area contributed by atoms with Crippen molar-refractivity contribution in [3.05, 3.63) is 23.8 Å². The molecule has 1 aliphatic carbocycles. The molecule has 1 saturated carbocycles. The molecule has 1 unspecified atom stereocenters. The SMILES string of the molecule is CCOc1cc(CCCNC(=NC)NCC(C)N(C)C2CC2)ccc1OC.I. The minimum atomic E-state index is 0. The number of benzene rings is 1. The second-order valence-corrected chi connectivity index (χ2v) is 7.15. The summed E-state index contributed by atoms with van der Waals surface area (Å²) in [6.07, 6.45) is 4.68. The predicted octanol–water partition coefficient (Wildman–Crippen LogP) is 3.29. The van der Waals surface area contributed by atoms with E-state index in [1.165, 1.54) is 18.4 Å². The van der Waals surface area contributed by atoms with Crippen LogP contribution in [0.2, 0.25) is 0 Å². The van der Waals surface area contributed by atoms with Crippen molar-refractivity contribution in [1.29, 1.82) is 0 Å². The minimum Gasteiger partial charge on any atom is -0.493 e. The Kier molecular flexibility index (Phi) is 11.6. The molecule has 0 aromatic heterocycles. The maximum atomic E-state index is 5.65. The summed E-state index contributed by atoms with van der Waals surface area (Å²) in [6, 6.07) is 7.44. The predicted molar refractivity (Wildman–Crippen MR) is 128 cm³/mol. The van der Waals surface area contributed by atoms with E-state index in [1.54, 1.807) is 7.11 Å². The lowest BCUT2D eigenvalue weighted by atomic mass is 10.1. The van der Waals surface area contributed by atoms with Crippen molar-refractivity contribution in [1.82, 2.24) is 15.5 Å². The molecule has 0 amide bonds. The fraction of sp³-hybridized carbons (Fsp3) is 0.667. The first-order chi connectivity index (χ1) is 13.1. The highest BCUT2D eigenvalue weighted by Gasteiger charge is 2.28. The summed E-state index contributed by atoms with van der Waals surface area (Å²) >= 11 is 0. The summed E-state index contributed by atoms with van der Waals surface area (Å²) in [7, 11) is 5.71. The maximum Gasteiger partial charge on any atom is 0.191 e. The van der Waals surface area contributed by atoms with Crippen molar-refractivity contribution in [2.45, 2.75) is 51.6 Å². The van der Waals surface area contributed by atoms with Crippen molar-refractivity contribution in [3.63, 3.8) is 0 Å². The maximum absolute atomic E-state index is 5.65. The zero-order chi connectivity index (χ0) is 19.6. The Bertz CT molecular complexity index is 608. The van der Waals surface area contributed by atoms with Crippen molar-refractivity contribution in [3.8, 4) is 11.5 Å². The van der Waals surface area contributed by atoms with Gasteiger partial charge < -0.3 is 20.1 Å². The number of halogens is 1. The van der Waals surface area contributed by atoms with E-state index in [0.717, 1.165) is 49.4 Å². The van der Waals surface area contributed by atoms with Crippen LogP contribution in [0.3, 0.4) is 0 Å². The first kappa shape index (κ1) is 24.8. The van der Waals surface area contributed by atoms with Crippen molar-refractivity contribution in [2.75, 3.05) is 40.9 Å². The lowest BCUT2D eigenvalue weighted by molar-refractivity contribution is 0.247. The average Bonchev–Trinajstić information content (AvgIpc) is 3.52. The molecule has 1 aromatic rings. The van der Waals surface area contributed by atoms with Crippen molar-refractivity contribution in [2.24, 2.45) is 4.99 Å². The lowest BCUT2D eigenvalue weighted by Gasteiger charge is -2.25. The van der Waals surface area contributed by atoms with Gasteiger partial charge in [-0.1, -0.05) is 6.07 Å². The Labute approximate surface area is 187 Å². The third-order valence-corrected chi connectivity index (χ3v) is 5.07. The number of ether oxygens (including phenoxy) is 2. The van der Waals surface area contributed by atoms with Gasteiger partial charge in [-0.05, 0) is 64.3 Å². The second kappa shape index (κ2) is 13.1. The van der Waals surface area contributed by atoms with E-state index in [2.05, 4.69) is 46.6 Å². The topological polar surface area (TPSA) is 58.1 Å². The Morgan fingerprint density at radius 3 is 2.64 bits per heavy atom. The van der Waals surface area contributed by atoms with Gasteiger partial charge in [-0.2, -0.15) is 0 Å². The number of rotatable bonds is 11. The van der Waals surface area contributed by atoms with E-state index < -0.39 is 0 Å². The quantitative estimate of drug-likeness (QED) is 0.210. The highest BCUT2D eigenvalue weighted by molar-refractivity contribution is 14.0. The summed E-state index contributed by atoms with van der Waals surface area (Å²) in [5.41, 5.74) is 1.25. The van der Waals surface area contributed by atoms with Crippen LogP contribution in [0.4, 0.5) is 0 Å². The van der Waals surface area contributed by atoms with Gasteiger partial charge in [-0.15, -0.1) is 24.0 Å². The molecule has 1 atom stereocenters. The zero-order valence-electron chi connectivity index (χ0n) is 18.0. The molecule has 0 aliphatic heterocycles. The van der Waals surface area contributed by atoms with Gasteiger partial charge in [0.1, 0.15) is 0 Å². The van der Waals surface area contributed by atoms with Gasteiger partial charge in [0, 0.05) is 32.2 Å². The smallest absolute Gasteiger partial charge is 0.191 e. The van der Waals surface area contributed by atoms with Gasteiger partial charge in [0.2, 0.25) is 0 Å². The summed E-state index contributed by atoms with van der Waals surface area (Å²) in [6.45, 7) is 6.67. The van der Waals surface area contributed by atoms with E-state index in [9.17, 15) is 0 Å². The fourth-order valence-corrected chi connectivity index (χ4v) is 3.09. The summed E-state index contributed by atoms with van der Waals surface area (Å²) in [4.78, 5) is 6.78. The Balaban J connectivity index is 0.00000392. The molecule has 1 fully saturated rings. The first-order valence-corrected chi connectivity index (χ1v) is 10.0. The number of guanidine groups is 1. The van der Waals surface area contributed by atoms with E-state index in [4.69, 9.17) is 9.47 Å². The number of hydrogen-bond acceptors (Lipinski definition) is 4. The molecule has 0 bridgehead atoms. The summed E-state index contributed by atoms with van der Waals surface area (Å²) in [5, 5.41) is 6.84. The van der Waals surface area contributed by atoms with Gasteiger partial charge in [-0.25, -0.2) is 0 Å². The van der Waals surface area contributed by atoms with Crippen LogP contribution < -0.4 is 20.1 Å². The molecule has 1 aromatic carbocycles. The molecule has 2 rings (SSSR count). The molecule has 2 N–H and O–H groups in total. The number of nitrogens with zero attached hydrogens (tertiary/aromatic N) is 2. The van der Waals surface area contributed by atoms with Crippen molar-refractivity contribution >= 4 is 29.9 Å². The van der Waals surface area contributed by atoms with Crippen molar-refractivity contribution < 1.29 is 9.47 Å². The molecule has 7 heteroatoms. The molecule has 1 aliphatic rings. The van der Waals surface area contributed by atoms with Gasteiger partial charge >= 0.3 is 0 Å². The third kappa shape index (κ3) is 8.03. The lowest BCUT2D eigenvalue weighted by Crippen LogP contribution is -2.45. The van der Waals surface area contributed by atoms with E-state index in [1.807, 2.05) is 20.0 Å². The van der Waals surface area contributed by atoms with Gasteiger partial charge in [0.15, 0.2) is 17.5 Å². The Morgan fingerprint density at radius 2 is 2.04 bits per heavy atom. The van der Waals surface area contributed by atoms with E-state index in [0.29, 0.717) is 12.6 Å². The normalized spacial score (nSPS) is 15.0. The molecule has 28 heavy (non-hydrogen) atoms. The monoisotopic (exact) mass is 504 g/mol. The largest absolute Gasteiger partial charge is 0.493 e. The number of aryl methyl sites for hydroxylation is 1. The van der Waals surface area contributed by atoms with Crippen LogP contribution in [0.5, 0.6) is 11.5 Å². The third-order valence-electron chi connectivity index (χ3n) is 5.07. The molecule has 6 nitrogen and oxygen atoms in total. The molecular formula is C21H37IN4O2. The van der Waals surface area contributed by atoms with Gasteiger partial charge in [0.25, 0.3) is 0 Å². The zero-order valence-corrected chi connectivity index (χ0v) is 20.3. The summed E-state index contributed by atoms with van der Waals surface area (Å²) in [5.74, 6) is 2.47. The number of nitrogens with one attached hydrogen (secondary N) is 2. The molecule has 0 spiro atoms. The van der Waals surface area contributed by atoms with E-state index in [-0.39, 0.29) is 24.0 Å². The fourth-order valence-electron chi connectivity index (χ4n) is 3.09. The number of aliphatic imine (C=N–C) groups is 1. The highest BCUT2D eigenvalue weighted by atomic mass is 127. The molecule has 0 radical (unpaired) electrons. The second-order valence-electron chi connectivity index (χ2n) is 7.15. The van der Waals surface area contributed by atoms with Crippen LogP contribution in [0.1, 0.15) is 38.7 Å². The Hall–Kier alpha value is -1.22. The Morgan fingerprint density at radius 1 is 1.29 bits per heavy atom. The summed E-state index contributed by atoms with van der Waals surface area (Å²) < 4.78 is 11.0. The van der Waals surface area contributed by atoms with Gasteiger partial charge in [-0.3, -0.25) is 9.89 Å². The van der Waals surface area contributed by atoms with Crippen LogP contribution in [0.25, 0.3) is 0 Å². The number of hydrogen-bond donors (Lipinski definition) is 2. The standard InChI is InChI=1S/C21H36N4O2.HI/c1-6-27-20-14-17(9-12-19(20)26-5)8-7-13-23-21(22-3)24-15-16(2)25(4)18-10-11-18;/h9,12,14,16,18H,6-8,10-11,13,15H2,1-5H3,(H2,22,23,24);1H. The molecule has 0 heterocycles. The minimum absolute atomic E-state index is 0. The van der Waals surface area contributed by atoms with Crippen LogP contribution in [-0.2, 0) is 6.42 Å². The average molecular weight is 504 g/mol. The first-order valence-electron chi connectivity index (χ1n) is 10.0. The highest BCUT2D eigenvalue weighted by Crippen LogP contribution is 2.28. The number of methoxy groups -OCH3 is 1. The van der Waals surface area contributed by atoms with Gasteiger partial charge in [0.05, 0.1) is 13.7 Å². The van der Waals surface area contributed by atoms with Crippen LogP contribution >= 0.6 is 24.0 Å². The molecule has 160 valence electrons.